The Labute approximate surface area is 205 Å². The molecule has 2 aromatic carbocycles. The maximum absolute atomic E-state index is 12.9. The molecule has 2 heterocycles. The Morgan fingerprint density at radius 2 is 1.68 bits per heavy atom. The van der Waals surface area contributed by atoms with E-state index in [1.165, 1.54) is 37.1 Å². The number of benzene rings is 2. The maximum atomic E-state index is 12.9. The molecule has 1 aromatic heterocycles. The summed E-state index contributed by atoms with van der Waals surface area (Å²) in [5.74, 6) is -0.503. The standard InChI is InChI=1S/C26H29ClN2O4S/c1-19-10-12-20(13-11-19)34(31,32)25-15-14-24(33-25)26(30)28-18-23(21-8-4-5-9-22(21)27)29-16-6-2-3-7-17-29/h4-5,8-15,23H,2-3,6-7,16-18H2,1H3,(H,28,30). The van der Waals surface area contributed by atoms with Crippen molar-refractivity contribution >= 4 is 27.3 Å². The number of halogens is 1. The number of hydrogen-bond donors (Lipinski definition) is 1. The molecule has 8 heteroatoms. The molecule has 1 saturated heterocycles. The van der Waals surface area contributed by atoms with Crippen LogP contribution in [0.2, 0.25) is 5.02 Å². The second kappa shape index (κ2) is 10.8. The fourth-order valence-corrected chi connectivity index (χ4v) is 5.72. The Bertz CT molecular complexity index is 1230. The average molecular weight is 501 g/mol. The van der Waals surface area contributed by atoms with Gasteiger partial charge in [0.2, 0.25) is 14.9 Å². The van der Waals surface area contributed by atoms with Crippen LogP contribution in [0.1, 0.15) is 53.4 Å². The van der Waals surface area contributed by atoms with E-state index in [-0.39, 0.29) is 21.8 Å². The van der Waals surface area contributed by atoms with Gasteiger partial charge in [-0.05, 0) is 68.8 Å². The van der Waals surface area contributed by atoms with Crippen LogP contribution in [0.4, 0.5) is 0 Å². The third kappa shape index (κ3) is 5.54. The van der Waals surface area contributed by atoms with E-state index in [2.05, 4.69) is 10.2 Å². The lowest BCUT2D eigenvalue weighted by atomic mass is 10.0. The van der Waals surface area contributed by atoms with Crippen molar-refractivity contribution in [1.82, 2.24) is 10.2 Å². The third-order valence-electron chi connectivity index (χ3n) is 6.20. The van der Waals surface area contributed by atoms with Gasteiger partial charge in [-0.15, -0.1) is 0 Å². The number of carbonyl (C=O) groups is 1. The Morgan fingerprint density at radius 3 is 2.35 bits per heavy atom. The van der Waals surface area contributed by atoms with Gasteiger partial charge in [0.25, 0.3) is 5.91 Å². The van der Waals surface area contributed by atoms with Gasteiger partial charge in [0.15, 0.2) is 5.76 Å². The molecule has 3 aromatic rings. The fraction of sp³-hybridized carbons (Fsp3) is 0.346. The number of sulfone groups is 1. The molecule has 1 aliphatic rings. The van der Waals surface area contributed by atoms with Gasteiger partial charge in [0.1, 0.15) is 0 Å². The molecule has 34 heavy (non-hydrogen) atoms. The van der Waals surface area contributed by atoms with Crippen molar-refractivity contribution < 1.29 is 17.6 Å². The van der Waals surface area contributed by atoms with Gasteiger partial charge >= 0.3 is 0 Å². The van der Waals surface area contributed by atoms with Gasteiger partial charge in [-0.25, -0.2) is 8.42 Å². The molecule has 180 valence electrons. The van der Waals surface area contributed by atoms with Crippen molar-refractivity contribution in [2.45, 2.75) is 48.6 Å². The van der Waals surface area contributed by atoms with Crippen molar-refractivity contribution in [3.8, 4) is 0 Å². The zero-order chi connectivity index (χ0) is 24.1. The summed E-state index contributed by atoms with van der Waals surface area (Å²) in [6.45, 7) is 4.09. The molecule has 0 bridgehead atoms. The largest absolute Gasteiger partial charge is 0.439 e. The summed E-state index contributed by atoms with van der Waals surface area (Å²) in [5, 5.41) is 3.34. The third-order valence-corrected chi connectivity index (χ3v) is 8.19. The van der Waals surface area contributed by atoms with Crippen LogP contribution < -0.4 is 5.32 Å². The lowest BCUT2D eigenvalue weighted by molar-refractivity contribution is 0.0900. The number of furan rings is 1. The molecule has 0 spiro atoms. The van der Waals surface area contributed by atoms with Gasteiger partial charge in [-0.3, -0.25) is 9.69 Å². The Balaban J connectivity index is 1.50. The number of amides is 1. The van der Waals surface area contributed by atoms with Crippen LogP contribution in [0.3, 0.4) is 0 Å². The van der Waals surface area contributed by atoms with Gasteiger partial charge in [-0.2, -0.15) is 0 Å². The Morgan fingerprint density at radius 1 is 1.00 bits per heavy atom. The molecular formula is C26H29ClN2O4S. The van der Waals surface area contributed by atoms with Crippen LogP contribution in [0.25, 0.3) is 0 Å². The average Bonchev–Trinajstić information content (AvgIpc) is 3.19. The first-order valence-corrected chi connectivity index (χ1v) is 13.4. The minimum atomic E-state index is -3.84. The number of hydrogen-bond acceptors (Lipinski definition) is 5. The highest BCUT2D eigenvalue weighted by Gasteiger charge is 2.26. The topological polar surface area (TPSA) is 79.6 Å². The van der Waals surface area contributed by atoms with Gasteiger partial charge in [0.05, 0.1) is 10.9 Å². The second-order valence-electron chi connectivity index (χ2n) is 8.63. The van der Waals surface area contributed by atoms with E-state index in [0.717, 1.165) is 37.1 Å². The van der Waals surface area contributed by atoms with Crippen LogP contribution in [-0.4, -0.2) is 38.9 Å². The van der Waals surface area contributed by atoms with E-state index < -0.39 is 15.7 Å². The summed E-state index contributed by atoms with van der Waals surface area (Å²) < 4.78 is 31.2. The molecule has 1 unspecified atom stereocenters. The van der Waals surface area contributed by atoms with Gasteiger partial charge in [0, 0.05) is 11.6 Å². The molecule has 0 radical (unpaired) electrons. The van der Waals surface area contributed by atoms with E-state index in [1.807, 2.05) is 31.2 Å². The molecule has 1 aliphatic heterocycles. The normalized spacial score (nSPS) is 16.1. The Hall–Kier alpha value is -2.61. The number of aryl methyl sites for hydroxylation is 1. The van der Waals surface area contributed by atoms with E-state index in [0.29, 0.717) is 11.6 Å². The number of rotatable bonds is 7. The SMILES string of the molecule is Cc1ccc(S(=O)(=O)c2ccc(C(=O)NCC(c3ccccc3Cl)N3CCCCCC3)o2)cc1. The molecule has 1 amide bonds. The lowest BCUT2D eigenvalue weighted by Crippen LogP contribution is -2.38. The van der Waals surface area contributed by atoms with Crippen LogP contribution >= 0.6 is 11.6 Å². The number of carbonyl (C=O) groups excluding carboxylic acids is 1. The zero-order valence-corrected chi connectivity index (χ0v) is 20.7. The van der Waals surface area contributed by atoms with Crippen molar-refractivity contribution in [3.05, 3.63) is 82.6 Å². The second-order valence-corrected chi connectivity index (χ2v) is 10.9. The smallest absolute Gasteiger partial charge is 0.287 e. The number of nitrogens with zero attached hydrogens (tertiary/aromatic N) is 1. The molecule has 0 saturated carbocycles. The molecule has 6 nitrogen and oxygen atoms in total. The zero-order valence-electron chi connectivity index (χ0n) is 19.2. The number of nitrogens with one attached hydrogen (secondary N) is 1. The molecule has 1 N–H and O–H groups in total. The van der Waals surface area contributed by atoms with Crippen LogP contribution in [-0.2, 0) is 9.84 Å². The first-order chi connectivity index (χ1) is 16.4. The van der Waals surface area contributed by atoms with Crippen LogP contribution in [0.15, 0.2) is 75.1 Å². The molecule has 1 atom stereocenters. The van der Waals surface area contributed by atoms with Crippen molar-refractivity contribution in [1.29, 1.82) is 0 Å². The molecule has 4 rings (SSSR count). The molecule has 1 fully saturated rings. The van der Waals surface area contributed by atoms with Crippen LogP contribution in [0, 0.1) is 6.92 Å². The highest BCUT2D eigenvalue weighted by atomic mass is 35.5. The van der Waals surface area contributed by atoms with Crippen molar-refractivity contribution in [2.75, 3.05) is 19.6 Å². The van der Waals surface area contributed by atoms with Crippen LogP contribution in [0.5, 0.6) is 0 Å². The summed E-state index contributed by atoms with van der Waals surface area (Å²) in [6.07, 6.45) is 4.60. The first kappa shape index (κ1) is 24.5. The lowest BCUT2D eigenvalue weighted by Gasteiger charge is -2.31. The predicted octanol–water partition coefficient (Wildman–Crippen LogP) is 5.42. The molecular weight excluding hydrogens is 472 g/mol. The van der Waals surface area contributed by atoms with E-state index in [9.17, 15) is 13.2 Å². The minimum absolute atomic E-state index is 0.0422. The van der Waals surface area contributed by atoms with Gasteiger partial charge < -0.3 is 9.73 Å². The van der Waals surface area contributed by atoms with Crippen molar-refractivity contribution in [2.24, 2.45) is 0 Å². The van der Waals surface area contributed by atoms with E-state index in [4.69, 9.17) is 16.0 Å². The molecule has 0 aliphatic carbocycles. The monoisotopic (exact) mass is 500 g/mol. The predicted molar refractivity (Wildman–Crippen MR) is 132 cm³/mol. The minimum Gasteiger partial charge on any atom is -0.439 e. The van der Waals surface area contributed by atoms with Gasteiger partial charge in [-0.1, -0.05) is 60.3 Å². The highest BCUT2D eigenvalue weighted by molar-refractivity contribution is 7.91. The summed E-state index contributed by atoms with van der Waals surface area (Å²) in [5.41, 5.74) is 1.92. The summed E-state index contributed by atoms with van der Waals surface area (Å²) in [6, 6.07) is 16.8. The quantitative estimate of drug-likeness (QED) is 0.468. The van der Waals surface area contributed by atoms with Crippen molar-refractivity contribution in [3.63, 3.8) is 0 Å². The maximum Gasteiger partial charge on any atom is 0.287 e. The summed E-state index contributed by atoms with van der Waals surface area (Å²) in [7, 11) is -3.84. The number of likely N-dealkylation sites (tertiary alicyclic amines) is 1. The van der Waals surface area contributed by atoms with E-state index in [1.54, 1.807) is 12.1 Å². The summed E-state index contributed by atoms with van der Waals surface area (Å²) in [4.78, 5) is 15.4. The summed E-state index contributed by atoms with van der Waals surface area (Å²) >= 11 is 6.51. The fourth-order valence-electron chi connectivity index (χ4n) is 4.28. The highest BCUT2D eigenvalue weighted by Crippen LogP contribution is 2.29. The first-order valence-electron chi connectivity index (χ1n) is 11.5. The van der Waals surface area contributed by atoms with E-state index >= 15 is 0 Å². The Kier molecular flexibility index (Phi) is 7.76.